The van der Waals surface area contributed by atoms with Crippen LogP contribution in [0.25, 0.3) is 0 Å². The van der Waals surface area contributed by atoms with Gasteiger partial charge < -0.3 is 15.6 Å². The molecule has 0 aromatic carbocycles. The molecule has 1 rings (SSSR count). The maximum atomic E-state index is 11.9. The number of amides is 1. The van der Waals surface area contributed by atoms with Gasteiger partial charge in [0.15, 0.2) is 0 Å². The predicted molar refractivity (Wildman–Crippen MR) is 76.8 cm³/mol. The highest BCUT2D eigenvalue weighted by atomic mass is 16.2. The predicted octanol–water partition coefficient (Wildman–Crippen LogP) is 1.37. The number of nitrogens with two attached hydrogens (primary N) is 1. The Bertz CT molecular complexity index is 478. The van der Waals surface area contributed by atoms with Crippen molar-refractivity contribution in [1.29, 1.82) is 0 Å². The maximum Gasteiger partial charge on any atom is 0.251 e. The van der Waals surface area contributed by atoms with Gasteiger partial charge in [-0.15, -0.1) is 0 Å². The summed E-state index contributed by atoms with van der Waals surface area (Å²) in [4.78, 5) is 23.5. The van der Waals surface area contributed by atoms with E-state index >= 15 is 0 Å². The van der Waals surface area contributed by atoms with Crippen molar-refractivity contribution >= 4 is 11.6 Å². The van der Waals surface area contributed by atoms with E-state index in [-0.39, 0.29) is 24.1 Å². The number of nitrogens with one attached hydrogen (secondary N) is 1. The maximum absolute atomic E-state index is 11.9. The summed E-state index contributed by atoms with van der Waals surface area (Å²) in [5, 5.41) is 2.94. The Balaban J connectivity index is 2.65. The first-order chi connectivity index (χ1) is 8.97. The molecule has 0 saturated heterocycles. The quantitative estimate of drug-likeness (QED) is 0.815. The molecule has 1 amide bonds. The lowest BCUT2D eigenvalue weighted by Gasteiger charge is -2.22. The fourth-order valence-corrected chi connectivity index (χ4v) is 2.24. The Labute approximate surface area is 113 Å². The summed E-state index contributed by atoms with van der Waals surface area (Å²) < 4.78 is 1.32. The second kappa shape index (κ2) is 6.97. The van der Waals surface area contributed by atoms with Crippen molar-refractivity contribution in [1.82, 2.24) is 9.88 Å². The smallest absolute Gasteiger partial charge is 0.251 e. The molecule has 19 heavy (non-hydrogen) atoms. The highest BCUT2D eigenvalue weighted by molar-refractivity contribution is 5.76. The van der Waals surface area contributed by atoms with Crippen molar-refractivity contribution in [3.63, 3.8) is 0 Å². The molecular formula is C14H23N3O2. The van der Waals surface area contributed by atoms with Crippen LogP contribution in [0.2, 0.25) is 0 Å². The Morgan fingerprint density at radius 1 is 1.37 bits per heavy atom. The van der Waals surface area contributed by atoms with Gasteiger partial charge in [-0.2, -0.15) is 0 Å². The summed E-state index contributed by atoms with van der Waals surface area (Å²) in [5.41, 5.74) is 5.85. The van der Waals surface area contributed by atoms with Gasteiger partial charge >= 0.3 is 0 Å². The minimum atomic E-state index is -0.223. The minimum Gasteiger partial charge on any atom is -0.398 e. The lowest BCUT2D eigenvalue weighted by Crippen LogP contribution is -2.40. The average Bonchev–Trinajstić information content (AvgIpc) is 2.35. The Morgan fingerprint density at radius 3 is 2.58 bits per heavy atom. The summed E-state index contributed by atoms with van der Waals surface area (Å²) in [6.07, 6.45) is 3.54. The van der Waals surface area contributed by atoms with E-state index in [2.05, 4.69) is 19.2 Å². The zero-order valence-corrected chi connectivity index (χ0v) is 11.8. The monoisotopic (exact) mass is 265 g/mol. The molecule has 106 valence electrons. The van der Waals surface area contributed by atoms with Gasteiger partial charge in [0.1, 0.15) is 6.54 Å². The number of carbonyl (C=O) groups is 1. The van der Waals surface area contributed by atoms with Crippen LogP contribution in [0.5, 0.6) is 0 Å². The van der Waals surface area contributed by atoms with Gasteiger partial charge in [-0.1, -0.05) is 26.7 Å². The lowest BCUT2D eigenvalue weighted by molar-refractivity contribution is -0.122. The first-order valence-electron chi connectivity index (χ1n) is 6.73. The second-order valence-corrected chi connectivity index (χ2v) is 4.86. The third-order valence-electron chi connectivity index (χ3n) is 3.46. The first kappa shape index (κ1) is 15.3. The summed E-state index contributed by atoms with van der Waals surface area (Å²) >= 11 is 0. The Morgan fingerprint density at radius 2 is 2.00 bits per heavy atom. The standard InChI is InChI=1S/C14H23N3O2/c1-4-11(5-2)10(3)16-13(18)9-17-8-12(15)6-7-14(17)19/h6-8,10-11H,4-5,9,15H2,1-3H3,(H,16,18). The molecule has 5 nitrogen and oxygen atoms in total. The van der Waals surface area contributed by atoms with Crippen LogP contribution >= 0.6 is 0 Å². The van der Waals surface area contributed by atoms with Crippen LogP contribution in [-0.4, -0.2) is 16.5 Å². The molecular weight excluding hydrogens is 242 g/mol. The minimum absolute atomic E-state index is 0.00830. The van der Waals surface area contributed by atoms with Gasteiger partial charge in [0.2, 0.25) is 5.91 Å². The van der Waals surface area contributed by atoms with Crippen LogP contribution in [0, 0.1) is 5.92 Å². The Kier molecular flexibility index (Phi) is 5.60. The molecule has 1 heterocycles. The molecule has 0 aliphatic heterocycles. The SMILES string of the molecule is CCC(CC)C(C)NC(=O)Cn1cc(N)ccc1=O. The molecule has 1 aromatic rings. The largest absolute Gasteiger partial charge is 0.398 e. The van der Waals surface area contributed by atoms with Gasteiger partial charge in [-0.05, 0) is 18.9 Å². The van der Waals surface area contributed by atoms with E-state index in [0.29, 0.717) is 11.6 Å². The molecule has 0 spiro atoms. The van der Waals surface area contributed by atoms with Crippen LogP contribution in [0.1, 0.15) is 33.6 Å². The molecule has 3 N–H and O–H groups in total. The molecule has 1 atom stereocenters. The molecule has 0 aliphatic rings. The van der Waals surface area contributed by atoms with E-state index in [0.717, 1.165) is 12.8 Å². The molecule has 1 aromatic heterocycles. The summed E-state index contributed by atoms with van der Waals surface area (Å²) in [5.74, 6) is 0.300. The molecule has 0 fully saturated rings. The van der Waals surface area contributed by atoms with Gasteiger partial charge in [-0.3, -0.25) is 9.59 Å². The summed E-state index contributed by atoms with van der Waals surface area (Å²) in [6.45, 7) is 6.23. The van der Waals surface area contributed by atoms with E-state index in [1.807, 2.05) is 6.92 Å². The van der Waals surface area contributed by atoms with E-state index in [1.165, 1.54) is 22.9 Å². The molecule has 0 bridgehead atoms. The average molecular weight is 265 g/mol. The number of hydrogen-bond acceptors (Lipinski definition) is 3. The molecule has 0 saturated carbocycles. The van der Waals surface area contributed by atoms with Crippen molar-refractivity contribution in [3.05, 3.63) is 28.7 Å². The van der Waals surface area contributed by atoms with Crippen molar-refractivity contribution < 1.29 is 4.79 Å². The van der Waals surface area contributed by atoms with E-state index in [9.17, 15) is 9.59 Å². The van der Waals surface area contributed by atoms with Crippen LogP contribution < -0.4 is 16.6 Å². The molecule has 0 aliphatic carbocycles. The highest BCUT2D eigenvalue weighted by Crippen LogP contribution is 2.12. The number of nitrogen functional groups attached to an aromatic ring is 1. The zero-order chi connectivity index (χ0) is 14.4. The summed E-state index contributed by atoms with van der Waals surface area (Å²) in [6, 6.07) is 3.01. The normalized spacial score (nSPS) is 12.4. The van der Waals surface area contributed by atoms with E-state index < -0.39 is 0 Å². The van der Waals surface area contributed by atoms with Crippen molar-refractivity contribution in [2.24, 2.45) is 5.92 Å². The third kappa shape index (κ3) is 4.43. The first-order valence-corrected chi connectivity index (χ1v) is 6.73. The van der Waals surface area contributed by atoms with Crippen molar-refractivity contribution in [3.8, 4) is 0 Å². The number of pyridine rings is 1. The fraction of sp³-hybridized carbons (Fsp3) is 0.571. The van der Waals surface area contributed by atoms with E-state index in [4.69, 9.17) is 5.73 Å². The van der Waals surface area contributed by atoms with Gasteiger partial charge in [-0.25, -0.2) is 0 Å². The number of aromatic nitrogens is 1. The van der Waals surface area contributed by atoms with Gasteiger partial charge in [0, 0.05) is 24.0 Å². The number of nitrogens with zero attached hydrogens (tertiary/aromatic N) is 1. The van der Waals surface area contributed by atoms with Crippen LogP contribution in [0.15, 0.2) is 23.1 Å². The molecule has 1 unspecified atom stereocenters. The topological polar surface area (TPSA) is 77.1 Å². The van der Waals surface area contributed by atoms with Gasteiger partial charge in [0.05, 0.1) is 0 Å². The summed E-state index contributed by atoms with van der Waals surface area (Å²) in [7, 11) is 0. The van der Waals surface area contributed by atoms with Crippen molar-refractivity contribution in [2.45, 2.75) is 46.2 Å². The van der Waals surface area contributed by atoms with E-state index in [1.54, 1.807) is 0 Å². The highest BCUT2D eigenvalue weighted by Gasteiger charge is 2.16. The zero-order valence-electron chi connectivity index (χ0n) is 11.8. The number of rotatable bonds is 6. The van der Waals surface area contributed by atoms with Crippen LogP contribution in [0.4, 0.5) is 5.69 Å². The van der Waals surface area contributed by atoms with Crippen LogP contribution in [-0.2, 0) is 11.3 Å². The van der Waals surface area contributed by atoms with Crippen molar-refractivity contribution in [2.75, 3.05) is 5.73 Å². The number of carbonyl (C=O) groups excluding carboxylic acids is 1. The van der Waals surface area contributed by atoms with Gasteiger partial charge in [0.25, 0.3) is 5.56 Å². The Hall–Kier alpha value is -1.78. The number of hydrogen-bond donors (Lipinski definition) is 2. The van der Waals surface area contributed by atoms with Crippen LogP contribution in [0.3, 0.4) is 0 Å². The molecule has 0 radical (unpaired) electrons. The third-order valence-corrected chi connectivity index (χ3v) is 3.46. The second-order valence-electron chi connectivity index (χ2n) is 4.86. The lowest BCUT2D eigenvalue weighted by atomic mass is 9.95. The fourth-order valence-electron chi connectivity index (χ4n) is 2.24. The molecule has 5 heteroatoms. The number of anilines is 1.